The van der Waals surface area contributed by atoms with Crippen molar-refractivity contribution < 1.29 is 0 Å². The van der Waals surface area contributed by atoms with Gasteiger partial charge in [0.2, 0.25) is 0 Å². The van der Waals surface area contributed by atoms with Gasteiger partial charge in [-0.2, -0.15) is 0 Å². The van der Waals surface area contributed by atoms with Gasteiger partial charge in [-0.15, -0.1) is 0 Å². The first-order valence-electron chi connectivity index (χ1n) is 16.7. The molecule has 0 aromatic carbocycles. The van der Waals surface area contributed by atoms with Crippen LogP contribution in [-0.2, 0) is 0 Å². The zero-order valence-electron chi connectivity index (χ0n) is 25.8. The lowest BCUT2D eigenvalue weighted by molar-refractivity contribution is 0.0246. The van der Waals surface area contributed by atoms with Gasteiger partial charge in [-0.25, -0.2) is 0 Å². The van der Waals surface area contributed by atoms with Gasteiger partial charge in [0, 0.05) is 12.1 Å². The van der Waals surface area contributed by atoms with Crippen LogP contribution in [0.5, 0.6) is 0 Å². The van der Waals surface area contributed by atoms with Crippen molar-refractivity contribution in [2.24, 2.45) is 69.8 Å². The second-order valence-corrected chi connectivity index (χ2v) is 16.3. The lowest BCUT2D eigenvalue weighted by Gasteiger charge is -2.50. The van der Waals surface area contributed by atoms with E-state index in [9.17, 15) is 0 Å². The summed E-state index contributed by atoms with van der Waals surface area (Å²) < 4.78 is 0. The summed E-state index contributed by atoms with van der Waals surface area (Å²) in [4.78, 5) is 2.70. The van der Waals surface area contributed by atoms with E-state index in [2.05, 4.69) is 58.7 Å². The molecule has 9 unspecified atom stereocenters. The van der Waals surface area contributed by atoms with Gasteiger partial charge in [0.25, 0.3) is 0 Å². The van der Waals surface area contributed by atoms with E-state index >= 15 is 0 Å². The van der Waals surface area contributed by atoms with Gasteiger partial charge in [0.1, 0.15) is 0 Å². The van der Waals surface area contributed by atoms with Gasteiger partial charge in [0.05, 0.1) is 0 Å². The molecule has 0 aromatic heterocycles. The summed E-state index contributed by atoms with van der Waals surface area (Å²) in [6.45, 7) is 22.8. The van der Waals surface area contributed by atoms with Crippen LogP contribution in [0.1, 0.15) is 113 Å². The monoisotopic (exact) mass is 514 g/mol. The van der Waals surface area contributed by atoms with Crippen molar-refractivity contribution >= 4 is 0 Å². The number of piperidine rings is 1. The lowest BCUT2D eigenvalue weighted by Crippen LogP contribution is -2.57. The van der Waals surface area contributed by atoms with Crippen LogP contribution < -0.4 is 11.1 Å². The fraction of sp³-hybridized carbons (Fsp3) is 1.00. The highest BCUT2D eigenvalue weighted by molar-refractivity contribution is 5.08. The zero-order chi connectivity index (χ0) is 26.5. The average molecular weight is 514 g/mol. The maximum Gasteiger partial charge on any atom is 0.0135 e. The Balaban J connectivity index is 1.33. The number of nitrogens with zero attached hydrogens (tertiary/aromatic N) is 1. The van der Waals surface area contributed by atoms with Crippen molar-refractivity contribution in [2.45, 2.75) is 125 Å². The molecule has 0 spiro atoms. The van der Waals surface area contributed by atoms with Crippen molar-refractivity contribution in [1.29, 1.82) is 0 Å². The second kappa shape index (κ2) is 11.0. The molecule has 3 N–H and O–H groups in total. The highest BCUT2D eigenvalue weighted by Crippen LogP contribution is 2.62. The molecule has 0 radical (unpaired) electrons. The van der Waals surface area contributed by atoms with Crippen LogP contribution in [0, 0.1) is 64.1 Å². The molecule has 5 rings (SSSR count). The third-order valence-electron chi connectivity index (χ3n) is 13.5. The van der Waals surface area contributed by atoms with Crippen molar-refractivity contribution in [1.82, 2.24) is 10.2 Å². The summed E-state index contributed by atoms with van der Waals surface area (Å²) in [5.41, 5.74) is 6.89. The predicted molar refractivity (Wildman–Crippen MR) is 158 cm³/mol. The van der Waals surface area contributed by atoms with Crippen molar-refractivity contribution in [3.8, 4) is 0 Å². The number of hydrogen-bond donors (Lipinski definition) is 2. The predicted octanol–water partition coefficient (Wildman–Crippen LogP) is 7.20. The SMILES string of the molecule is CC(C)C(NC(C1CCN(CCCN)CC1)C1C2CCC(C2)C1(C)C)C(C)CC1C2CCC(C2)C1(C)C. The van der Waals surface area contributed by atoms with Crippen LogP contribution in [0.3, 0.4) is 0 Å². The Hall–Kier alpha value is -0.120. The molecule has 1 aliphatic heterocycles. The summed E-state index contributed by atoms with van der Waals surface area (Å²) >= 11 is 0. The summed E-state index contributed by atoms with van der Waals surface area (Å²) in [7, 11) is 0. The maximum absolute atomic E-state index is 5.84. The van der Waals surface area contributed by atoms with Crippen LogP contribution in [0.2, 0.25) is 0 Å². The molecular weight excluding hydrogens is 450 g/mol. The third-order valence-corrected chi connectivity index (χ3v) is 13.5. The minimum atomic E-state index is 0.495. The van der Waals surface area contributed by atoms with Crippen molar-refractivity contribution in [3.63, 3.8) is 0 Å². The van der Waals surface area contributed by atoms with Gasteiger partial charge in [-0.3, -0.25) is 0 Å². The van der Waals surface area contributed by atoms with E-state index in [1.54, 1.807) is 0 Å². The molecule has 4 saturated carbocycles. The Bertz CT molecular complexity index is 750. The van der Waals surface area contributed by atoms with Gasteiger partial charge < -0.3 is 16.0 Å². The average Bonchev–Trinajstić information content (AvgIpc) is 3.61. The second-order valence-electron chi connectivity index (χ2n) is 16.3. The highest BCUT2D eigenvalue weighted by atomic mass is 15.1. The number of hydrogen-bond acceptors (Lipinski definition) is 3. The van der Waals surface area contributed by atoms with E-state index in [0.717, 1.165) is 60.3 Å². The quantitative estimate of drug-likeness (QED) is 0.307. The first-order valence-corrected chi connectivity index (χ1v) is 16.7. The summed E-state index contributed by atoms with van der Waals surface area (Å²) in [5.74, 6) is 8.02. The summed E-state index contributed by atoms with van der Waals surface area (Å²) in [6.07, 6.45) is 14.4. The van der Waals surface area contributed by atoms with E-state index in [-0.39, 0.29) is 0 Å². The number of fused-ring (bicyclic) bond motifs is 4. The molecule has 3 nitrogen and oxygen atoms in total. The Morgan fingerprint density at radius 3 is 2.00 bits per heavy atom. The topological polar surface area (TPSA) is 41.3 Å². The van der Waals surface area contributed by atoms with Gasteiger partial charge in [-0.05, 0) is 154 Å². The molecular formula is C34H63N3. The van der Waals surface area contributed by atoms with E-state index in [0.29, 0.717) is 28.8 Å². The minimum absolute atomic E-state index is 0.495. The largest absolute Gasteiger partial charge is 0.330 e. The van der Waals surface area contributed by atoms with Crippen LogP contribution in [0.25, 0.3) is 0 Å². The molecule has 5 fully saturated rings. The Morgan fingerprint density at radius 2 is 1.46 bits per heavy atom. The third kappa shape index (κ3) is 5.33. The maximum atomic E-state index is 5.84. The van der Waals surface area contributed by atoms with Crippen LogP contribution in [0.15, 0.2) is 0 Å². The Labute approximate surface area is 230 Å². The first-order chi connectivity index (χ1) is 17.5. The number of likely N-dealkylation sites (tertiary alicyclic amines) is 1. The van der Waals surface area contributed by atoms with E-state index in [1.807, 2.05) is 0 Å². The molecule has 0 aromatic rings. The van der Waals surface area contributed by atoms with Gasteiger partial charge in [0.15, 0.2) is 0 Å². The molecule has 5 aliphatic rings. The van der Waals surface area contributed by atoms with Crippen molar-refractivity contribution in [2.75, 3.05) is 26.2 Å². The van der Waals surface area contributed by atoms with Crippen LogP contribution in [-0.4, -0.2) is 43.2 Å². The van der Waals surface area contributed by atoms with Gasteiger partial charge >= 0.3 is 0 Å². The first kappa shape index (κ1) is 28.4. The molecule has 214 valence electrons. The normalized spacial score (nSPS) is 39.5. The van der Waals surface area contributed by atoms with Gasteiger partial charge in [-0.1, -0.05) is 48.5 Å². The fourth-order valence-electron chi connectivity index (χ4n) is 11.3. The molecule has 1 saturated heterocycles. The number of rotatable bonds is 11. The minimum Gasteiger partial charge on any atom is -0.330 e. The van der Waals surface area contributed by atoms with Crippen molar-refractivity contribution in [3.05, 3.63) is 0 Å². The molecule has 0 amide bonds. The molecule has 1 heterocycles. The smallest absolute Gasteiger partial charge is 0.0135 e. The Morgan fingerprint density at radius 1 is 0.838 bits per heavy atom. The standard InChI is InChI=1S/C34H63N3/c1-22(2)31(23(3)19-29-25-9-11-27(20-25)33(29,4)5)36-32(24-13-17-37(18-14-24)16-8-15-35)30-26-10-12-28(21-26)34(30,6)7/h22-32,36H,8-21,35H2,1-7H3. The molecule has 3 heteroatoms. The summed E-state index contributed by atoms with van der Waals surface area (Å²) in [6, 6.07) is 1.34. The van der Waals surface area contributed by atoms with Crippen LogP contribution >= 0.6 is 0 Å². The lowest BCUT2D eigenvalue weighted by atomic mass is 9.62. The Kier molecular flexibility index (Phi) is 8.48. The van der Waals surface area contributed by atoms with E-state index in [4.69, 9.17) is 5.73 Å². The van der Waals surface area contributed by atoms with E-state index in [1.165, 1.54) is 77.4 Å². The summed E-state index contributed by atoms with van der Waals surface area (Å²) in [5, 5.41) is 4.57. The number of nitrogens with two attached hydrogens (primary N) is 1. The molecule has 9 atom stereocenters. The molecule has 4 aliphatic carbocycles. The zero-order valence-corrected chi connectivity index (χ0v) is 25.8. The fourth-order valence-corrected chi connectivity index (χ4v) is 11.3. The molecule has 4 bridgehead atoms. The van der Waals surface area contributed by atoms with Crippen LogP contribution in [0.4, 0.5) is 0 Å². The number of nitrogens with one attached hydrogen (secondary N) is 1. The van der Waals surface area contributed by atoms with E-state index < -0.39 is 0 Å². The highest BCUT2D eigenvalue weighted by Gasteiger charge is 2.57. The molecule has 37 heavy (non-hydrogen) atoms.